The van der Waals surface area contributed by atoms with Crippen molar-refractivity contribution in [2.24, 2.45) is 0 Å². The van der Waals surface area contributed by atoms with Gasteiger partial charge in [-0.1, -0.05) is 13.3 Å². The number of anilines is 1. The third-order valence-electron chi connectivity index (χ3n) is 5.05. The van der Waals surface area contributed by atoms with Crippen LogP contribution in [0.25, 0.3) is 0 Å². The molecule has 118 valence electrons. The Morgan fingerprint density at radius 2 is 1.91 bits per heavy atom. The molecule has 4 nitrogen and oxygen atoms in total. The number of quaternary nitrogens is 1. The minimum Gasteiger partial charge on any atom is -0.340 e. The van der Waals surface area contributed by atoms with Gasteiger partial charge in [0.2, 0.25) is 0 Å². The second-order valence-electron chi connectivity index (χ2n) is 6.56. The van der Waals surface area contributed by atoms with E-state index in [4.69, 9.17) is 0 Å². The second-order valence-corrected chi connectivity index (χ2v) is 6.56. The standard InChI is InChI=1S/C18H26N4/c1-2-3-8-17-15-7-5-4-6-14(15)16(13-19)18(21-17)22-11-9-20-10-12-22/h20H,2-12H2,1H3/p+2. The van der Waals surface area contributed by atoms with Crippen molar-refractivity contribution in [1.29, 1.82) is 5.26 Å². The maximum absolute atomic E-state index is 9.77. The molecule has 0 bridgehead atoms. The maximum Gasteiger partial charge on any atom is 0.293 e. The largest absolute Gasteiger partial charge is 0.340 e. The summed E-state index contributed by atoms with van der Waals surface area (Å²) in [5.41, 5.74) is 5.14. The van der Waals surface area contributed by atoms with Crippen LogP contribution in [0.4, 0.5) is 5.82 Å². The van der Waals surface area contributed by atoms with E-state index in [1.165, 1.54) is 42.5 Å². The van der Waals surface area contributed by atoms with Gasteiger partial charge in [0.25, 0.3) is 5.82 Å². The average Bonchev–Trinajstić information content (AvgIpc) is 2.59. The number of piperazine rings is 1. The maximum atomic E-state index is 9.77. The van der Waals surface area contributed by atoms with Crippen molar-refractivity contribution in [1.82, 2.24) is 0 Å². The van der Waals surface area contributed by atoms with E-state index < -0.39 is 0 Å². The fraction of sp³-hybridized carbons (Fsp3) is 0.667. The zero-order valence-electron chi connectivity index (χ0n) is 13.7. The van der Waals surface area contributed by atoms with Gasteiger partial charge in [-0.05, 0) is 43.2 Å². The molecule has 22 heavy (non-hydrogen) atoms. The monoisotopic (exact) mass is 300 g/mol. The van der Waals surface area contributed by atoms with Crippen molar-refractivity contribution in [2.75, 3.05) is 31.1 Å². The first-order valence-electron chi connectivity index (χ1n) is 8.91. The highest BCUT2D eigenvalue weighted by Gasteiger charge is 2.30. The molecular formula is C18H28N4+2. The lowest BCUT2D eigenvalue weighted by Gasteiger charge is -2.25. The molecule has 1 aromatic heterocycles. The Morgan fingerprint density at radius 1 is 1.18 bits per heavy atom. The number of unbranched alkanes of at least 4 members (excludes halogenated alkanes) is 1. The Morgan fingerprint density at radius 3 is 2.59 bits per heavy atom. The number of fused-ring (bicyclic) bond motifs is 1. The minimum absolute atomic E-state index is 0.928. The van der Waals surface area contributed by atoms with Gasteiger partial charge in [0.05, 0.1) is 0 Å². The summed E-state index contributed by atoms with van der Waals surface area (Å²) < 4.78 is 0. The van der Waals surface area contributed by atoms with Crippen LogP contribution in [0.1, 0.15) is 55.0 Å². The van der Waals surface area contributed by atoms with Gasteiger partial charge in [-0.25, -0.2) is 9.88 Å². The van der Waals surface area contributed by atoms with Crippen LogP contribution in [0, 0.1) is 11.3 Å². The third-order valence-corrected chi connectivity index (χ3v) is 5.05. The van der Waals surface area contributed by atoms with Crippen LogP contribution >= 0.6 is 0 Å². The summed E-state index contributed by atoms with van der Waals surface area (Å²) in [4.78, 5) is 6.08. The summed E-state index contributed by atoms with van der Waals surface area (Å²) in [6, 6.07) is 2.52. The first-order chi connectivity index (χ1) is 10.8. The fourth-order valence-corrected chi connectivity index (χ4v) is 3.84. The first-order valence-corrected chi connectivity index (χ1v) is 8.91. The molecule has 2 heterocycles. The van der Waals surface area contributed by atoms with Crippen molar-refractivity contribution in [2.45, 2.75) is 51.9 Å². The molecule has 1 fully saturated rings. The minimum atomic E-state index is 0.928. The molecule has 0 radical (unpaired) electrons. The average molecular weight is 300 g/mol. The van der Waals surface area contributed by atoms with Crippen LogP contribution in [0.3, 0.4) is 0 Å². The summed E-state index contributed by atoms with van der Waals surface area (Å²) in [6.45, 7) is 6.58. The van der Waals surface area contributed by atoms with E-state index in [9.17, 15) is 5.26 Å². The predicted octanol–water partition coefficient (Wildman–Crippen LogP) is 0.977. The van der Waals surface area contributed by atoms with Crippen LogP contribution in [-0.4, -0.2) is 26.2 Å². The Balaban J connectivity index is 2.05. The molecule has 0 saturated carbocycles. The van der Waals surface area contributed by atoms with Gasteiger partial charge in [-0.2, -0.15) is 5.26 Å². The number of aromatic amines is 1. The summed E-state index contributed by atoms with van der Waals surface area (Å²) in [5.74, 6) is 1.10. The molecule has 2 aliphatic rings. The zero-order chi connectivity index (χ0) is 15.4. The normalized spacial score (nSPS) is 17.9. The second kappa shape index (κ2) is 7.11. The van der Waals surface area contributed by atoms with E-state index in [-0.39, 0.29) is 0 Å². The van der Waals surface area contributed by atoms with Gasteiger partial charge in [0.1, 0.15) is 43.5 Å². The Bertz CT molecular complexity index is 567. The highest BCUT2D eigenvalue weighted by molar-refractivity contribution is 5.58. The number of aryl methyl sites for hydroxylation is 1. The van der Waals surface area contributed by atoms with Crippen LogP contribution in [-0.2, 0) is 19.3 Å². The summed E-state index contributed by atoms with van der Waals surface area (Å²) in [7, 11) is 0. The number of hydrogen-bond donors (Lipinski definition) is 1. The first kappa shape index (κ1) is 15.3. The van der Waals surface area contributed by atoms with Crippen LogP contribution in [0.15, 0.2) is 0 Å². The zero-order valence-corrected chi connectivity index (χ0v) is 13.7. The van der Waals surface area contributed by atoms with E-state index in [0.717, 1.165) is 56.8 Å². The topological polar surface area (TPSA) is 57.8 Å². The molecule has 3 N–H and O–H groups in total. The van der Waals surface area contributed by atoms with E-state index in [1.807, 2.05) is 0 Å². The molecule has 0 unspecified atom stereocenters. The van der Waals surface area contributed by atoms with Gasteiger partial charge in [0.15, 0.2) is 0 Å². The predicted molar refractivity (Wildman–Crippen MR) is 86.8 cm³/mol. The van der Waals surface area contributed by atoms with Gasteiger partial charge < -0.3 is 5.32 Å². The lowest BCUT2D eigenvalue weighted by molar-refractivity contribution is -0.656. The van der Waals surface area contributed by atoms with Gasteiger partial charge >= 0.3 is 0 Å². The van der Waals surface area contributed by atoms with E-state index in [1.54, 1.807) is 0 Å². The van der Waals surface area contributed by atoms with Crippen molar-refractivity contribution in [3.05, 3.63) is 22.4 Å². The summed E-state index contributed by atoms with van der Waals surface area (Å²) >= 11 is 0. The van der Waals surface area contributed by atoms with Crippen LogP contribution in [0.5, 0.6) is 0 Å². The number of hydrogen-bond acceptors (Lipinski definition) is 2. The number of aromatic nitrogens is 1. The Labute approximate surface area is 133 Å². The molecule has 1 aliphatic heterocycles. The number of nitrogens with two attached hydrogens (primary N) is 1. The SMILES string of the molecule is CCCCc1[nH+]c(N2CC[NH2+]CC2)c(C#N)c2c1CCCC2. The number of nitrogens with one attached hydrogen (secondary N) is 1. The summed E-state index contributed by atoms with van der Waals surface area (Å²) in [5, 5.41) is 12.1. The van der Waals surface area contributed by atoms with E-state index in [2.05, 4.69) is 28.2 Å². The fourth-order valence-electron chi connectivity index (χ4n) is 3.84. The summed E-state index contributed by atoms with van der Waals surface area (Å²) in [6.07, 6.45) is 8.29. The smallest absolute Gasteiger partial charge is 0.293 e. The van der Waals surface area contributed by atoms with Gasteiger partial charge in [-0.3, -0.25) is 0 Å². The third kappa shape index (κ3) is 2.96. The van der Waals surface area contributed by atoms with Crippen molar-refractivity contribution < 1.29 is 10.3 Å². The van der Waals surface area contributed by atoms with Crippen LogP contribution < -0.4 is 15.2 Å². The molecular weight excluding hydrogens is 272 g/mol. The van der Waals surface area contributed by atoms with Crippen molar-refractivity contribution >= 4 is 5.82 Å². The Kier molecular flexibility index (Phi) is 4.94. The number of pyridine rings is 1. The molecule has 1 aliphatic carbocycles. The number of nitrogens with zero attached hydrogens (tertiary/aromatic N) is 2. The van der Waals surface area contributed by atoms with Gasteiger partial charge in [-0.15, -0.1) is 0 Å². The highest BCUT2D eigenvalue weighted by atomic mass is 15.2. The van der Waals surface area contributed by atoms with Crippen molar-refractivity contribution in [3.63, 3.8) is 0 Å². The van der Waals surface area contributed by atoms with E-state index >= 15 is 0 Å². The van der Waals surface area contributed by atoms with Crippen molar-refractivity contribution in [3.8, 4) is 6.07 Å². The molecule has 3 rings (SSSR count). The number of H-pyrrole nitrogens is 1. The quantitative estimate of drug-likeness (QED) is 0.901. The Hall–Kier alpha value is -1.60. The van der Waals surface area contributed by atoms with E-state index in [0.29, 0.717) is 0 Å². The molecule has 1 saturated heterocycles. The molecule has 0 atom stereocenters. The number of nitriles is 1. The molecule has 0 aromatic carbocycles. The molecule has 1 aromatic rings. The molecule has 4 heteroatoms. The lowest BCUT2D eigenvalue weighted by Crippen LogP contribution is -2.90. The lowest BCUT2D eigenvalue weighted by atomic mass is 9.86. The number of rotatable bonds is 4. The highest BCUT2D eigenvalue weighted by Crippen LogP contribution is 2.30. The van der Waals surface area contributed by atoms with Gasteiger partial charge in [0, 0.05) is 6.42 Å². The molecule has 0 amide bonds. The van der Waals surface area contributed by atoms with Crippen LogP contribution in [0.2, 0.25) is 0 Å². The molecule has 0 spiro atoms.